The lowest BCUT2D eigenvalue weighted by Gasteiger charge is -2.14. The van der Waals surface area contributed by atoms with E-state index >= 15 is 0 Å². The van der Waals surface area contributed by atoms with Crippen molar-refractivity contribution in [2.45, 2.75) is 39.0 Å². The Labute approximate surface area is 215 Å². The van der Waals surface area contributed by atoms with Crippen LogP contribution in [0.2, 0.25) is 5.02 Å². The zero-order valence-electron chi connectivity index (χ0n) is 20.2. The SMILES string of the molecule is Cn1c(=O)n(CCCCO)c(=O)c2c1nc(Oc1cccc(OC(C)(F)F)c1)n2Cc1ccc(Cl)cc1. The molecule has 0 bridgehead atoms. The molecule has 0 aliphatic rings. The Morgan fingerprint density at radius 2 is 1.76 bits per heavy atom. The van der Waals surface area contributed by atoms with E-state index in [1.807, 2.05) is 0 Å². The summed E-state index contributed by atoms with van der Waals surface area (Å²) < 4.78 is 41.1. The highest BCUT2D eigenvalue weighted by molar-refractivity contribution is 6.30. The number of aliphatic hydroxyl groups is 1. The lowest BCUT2D eigenvalue weighted by molar-refractivity contribution is -0.159. The summed E-state index contributed by atoms with van der Waals surface area (Å²) in [6.07, 6.45) is -2.53. The Morgan fingerprint density at radius 3 is 2.43 bits per heavy atom. The summed E-state index contributed by atoms with van der Waals surface area (Å²) in [5, 5.41) is 9.64. The predicted octanol–water partition coefficient (Wildman–Crippen LogP) is 4.15. The smallest absolute Gasteiger partial charge is 0.394 e. The number of hydrogen-bond acceptors (Lipinski definition) is 6. The van der Waals surface area contributed by atoms with Gasteiger partial charge in [-0.1, -0.05) is 29.8 Å². The first-order valence-corrected chi connectivity index (χ1v) is 11.9. The molecule has 4 aromatic rings. The zero-order valence-corrected chi connectivity index (χ0v) is 20.9. The van der Waals surface area contributed by atoms with Crippen molar-refractivity contribution in [3.05, 3.63) is 80.0 Å². The summed E-state index contributed by atoms with van der Waals surface area (Å²) in [5.41, 5.74) is -0.112. The van der Waals surface area contributed by atoms with Gasteiger partial charge in [-0.15, -0.1) is 0 Å². The Balaban J connectivity index is 1.85. The molecular weight excluding hydrogens is 510 g/mol. The number of rotatable bonds is 10. The molecule has 1 N–H and O–H groups in total. The normalized spacial score (nSPS) is 11.7. The molecule has 196 valence electrons. The third kappa shape index (κ3) is 6.00. The fourth-order valence-electron chi connectivity index (χ4n) is 3.84. The number of halogens is 3. The van der Waals surface area contributed by atoms with Crippen molar-refractivity contribution in [1.82, 2.24) is 18.7 Å². The van der Waals surface area contributed by atoms with Crippen molar-refractivity contribution < 1.29 is 23.4 Å². The van der Waals surface area contributed by atoms with Gasteiger partial charge in [-0.2, -0.15) is 13.8 Å². The van der Waals surface area contributed by atoms with Gasteiger partial charge in [0.2, 0.25) is 0 Å². The van der Waals surface area contributed by atoms with Crippen LogP contribution < -0.4 is 20.7 Å². The van der Waals surface area contributed by atoms with Crippen molar-refractivity contribution in [2.24, 2.45) is 7.05 Å². The van der Waals surface area contributed by atoms with Crippen LogP contribution in [-0.2, 0) is 20.1 Å². The van der Waals surface area contributed by atoms with E-state index in [0.29, 0.717) is 24.8 Å². The quantitative estimate of drug-likeness (QED) is 0.307. The summed E-state index contributed by atoms with van der Waals surface area (Å²) in [5.74, 6) is 0.0201. The third-order valence-corrected chi connectivity index (χ3v) is 5.80. The van der Waals surface area contributed by atoms with Gasteiger partial charge >= 0.3 is 17.8 Å². The Hall–Kier alpha value is -3.70. The van der Waals surface area contributed by atoms with Gasteiger partial charge < -0.3 is 14.6 Å². The average molecular weight is 535 g/mol. The molecule has 0 radical (unpaired) electrons. The van der Waals surface area contributed by atoms with Crippen molar-refractivity contribution in [3.63, 3.8) is 0 Å². The van der Waals surface area contributed by atoms with E-state index in [2.05, 4.69) is 9.72 Å². The second kappa shape index (κ2) is 10.7. The number of ether oxygens (including phenoxy) is 2. The standard InChI is InChI=1S/C25H25ClF2N4O5/c1-25(27,28)37-19-7-5-6-18(14-19)36-23-29-21-20(32(23)15-16-8-10-17(26)11-9-16)22(34)31(12-3-4-13-33)24(35)30(21)2/h5-11,14,33H,3-4,12-13,15H2,1-2H3. The molecule has 0 saturated heterocycles. The highest BCUT2D eigenvalue weighted by Crippen LogP contribution is 2.29. The maximum Gasteiger partial charge on any atom is 0.394 e. The molecule has 0 fully saturated rings. The van der Waals surface area contributed by atoms with E-state index in [1.54, 1.807) is 24.3 Å². The first-order valence-electron chi connectivity index (χ1n) is 11.5. The van der Waals surface area contributed by atoms with E-state index in [9.17, 15) is 18.4 Å². The van der Waals surface area contributed by atoms with Crippen LogP contribution in [0.1, 0.15) is 25.3 Å². The van der Waals surface area contributed by atoms with Crippen molar-refractivity contribution in [2.75, 3.05) is 6.61 Å². The average Bonchev–Trinajstić information content (AvgIpc) is 3.18. The molecule has 0 unspecified atom stereocenters. The summed E-state index contributed by atoms with van der Waals surface area (Å²) in [4.78, 5) is 30.8. The van der Waals surface area contributed by atoms with Crippen molar-refractivity contribution >= 4 is 22.8 Å². The molecule has 37 heavy (non-hydrogen) atoms. The minimum atomic E-state index is -3.39. The molecule has 0 aliphatic heterocycles. The zero-order chi connectivity index (χ0) is 26.7. The van der Waals surface area contributed by atoms with Crippen LogP contribution in [0.25, 0.3) is 11.2 Å². The van der Waals surface area contributed by atoms with Crippen LogP contribution >= 0.6 is 11.6 Å². The monoisotopic (exact) mass is 534 g/mol. The van der Waals surface area contributed by atoms with Crippen LogP contribution in [0.4, 0.5) is 8.78 Å². The molecule has 0 aliphatic carbocycles. The molecule has 4 rings (SSSR count). The van der Waals surface area contributed by atoms with Gasteiger partial charge in [-0.25, -0.2) is 4.79 Å². The van der Waals surface area contributed by atoms with Gasteiger partial charge in [0.05, 0.1) is 6.54 Å². The Kier molecular flexibility index (Phi) is 7.65. The number of unbranched alkanes of at least 4 members (excludes halogenated alkanes) is 1. The fourth-order valence-corrected chi connectivity index (χ4v) is 3.97. The number of fused-ring (bicyclic) bond motifs is 1. The molecular formula is C25H25ClF2N4O5. The molecule has 12 heteroatoms. The summed E-state index contributed by atoms with van der Waals surface area (Å²) in [6, 6.07) is 12.6. The first kappa shape index (κ1) is 26.4. The molecule has 2 aromatic carbocycles. The van der Waals surface area contributed by atoms with E-state index in [-0.39, 0.29) is 48.4 Å². The lowest BCUT2D eigenvalue weighted by atomic mass is 10.2. The van der Waals surface area contributed by atoms with Crippen molar-refractivity contribution in [3.8, 4) is 17.5 Å². The number of aryl methyl sites for hydroxylation is 1. The third-order valence-electron chi connectivity index (χ3n) is 5.55. The van der Waals surface area contributed by atoms with Crippen LogP contribution in [0.15, 0.2) is 58.1 Å². The summed E-state index contributed by atoms with van der Waals surface area (Å²) >= 11 is 6.01. The molecule has 2 heterocycles. The molecule has 0 spiro atoms. The first-order chi connectivity index (χ1) is 17.6. The van der Waals surface area contributed by atoms with Gasteiger partial charge in [-0.05, 0) is 42.7 Å². The fraction of sp³-hybridized carbons (Fsp3) is 0.320. The number of aliphatic hydroxyl groups excluding tert-OH is 1. The number of nitrogens with zero attached hydrogens (tertiary/aromatic N) is 4. The van der Waals surface area contributed by atoms with Gasteiger partial charge in [0.1, 0.15) is 11.5 Å². The second-order valence-electron chi connectivity index (χ2n) is 8.50. The summed E-state index contributed by atoms with van der Waals surface area (Å²) in [6.45, 7) is 0.833. The Bertz CT molecular complexity index is 1520. The largest absolute Gasteiger partial charge is 0.433 e. The topological polar surface area (TPSA) is 101 Å². The van der Waals surface area contributed by atoms with Crippen LogP contribution in [0.3, 0.4) is 0 Å². The van der Waals surface area contributed by atoms with Gasteiger partial charge in [0, 0.05) is 38.2 Å². The second-order valence-corrected chi connectivity index (χ2v) is 8.93. The predicted molar refractivity (Wildman–Crippen MR) is 134 cm³/mol. The minimum Gasteiger partial charge on any atom is -0.433 e. The molecule has 0 atom stereocenters. The highest BCUT2D eigenvalue weighted by Gasteiger charge is 2.24. The maximum absolute atomic E-state index is 13.5. The van der Waals surface area contributed by atoms with E-state index in [4.69, 9.17) is 21.4 Å². The Morgan fingerprint density at radius 1 is 1.05 bits per heavy atom. The molecule has 2 aromatic heterocycles. The van der Waals surface area contributed by atoms with Gasteiger partial charge in [0.15, 0.2) is 11.2 Å². The van der Waals surface area contributed by atoms with E-state index in [1.165, 1.54) is 40.4 Å². The minimum absolute atomic E-state index is 0.0226. The van der Waals surface area contributed by atoms with E-state index in [0.717, 1.165) is 10.1 Å². The molecule has 9 nitrogen and oxygen atoms in total. The van der Waals surface area contributed by atoms with Gasteiger partial charge in [0.25, 0.3) is 5.56 Å². The number of benzene rings is 2. The molecule has 0 amide bonds. The highest BCUT2D eigenvalue weighted by atomic mass is 35.5. The van der Waals surface area contributed by atoms with E-state index < -0.39 is 17.4 Å². The lowest BCUT2D eigenvalue weighted by Crippen LogP contribution is -2.39. The molecule has 0 saturated carbocycles. The van der Waals surface area contributed by atoms with Crippen LogP contribution in [0.5, 0.6) is 17.5 Å². The van der Waals surface area contributed by atoms with Gasteiger partial charge in [-0.3, -0.25) is 18.5 Å². The maximum atomic E-state index is 13.5. The number of imidazole rings is 1. The summed E-state index contributed by atoms with van der Waals surface area (Å²) in [7, 11) is 1.49. The number of aromatic nitrogens is 4. The van der Waals surface area contributed by atoms with Crippen LogP contribution in [-0.4, -0.2) is 36.5 Å². The van der Waals surface area contributed by atoms with Crippen molar-refractivity contribution in [1.29, 1.82) is 0 Å². The number of hydrogen-bond donors (Lipinski definition) is 1. The number of alkyl halides is 2. The van der Waals surface area contributed by atoms with Crippen LogP contribution in [0, 0.1) is 0 Å².